The number of benzene rings is 2. The van der Waals surface area contributed by atoms with E-state index < -0.39 is 109 Å². The number of ether oxygens (including phenoxy) is 4. The number of hydrogen-bond donors (Lipinski definition) is 11. The molecule has 17 heteroatoms. The van der Waals surface area contributed by atoms with Gasteiger partial charge in [-0.2, -0.15) is 0 Å². The molecule has 0 aliphatic carbocycles. The molecule has 2 aromatic carbocycles. The van der Waals surface area contributed by atoms with Gasteiger partial charge in [-0.25, -0.2) is 0 Å². The van der Waals surface area contributed by atoms with Crippen LogP contribution in [0.1, 0.15) is 0 Å². The van der Waals surface area contributed by atoms with Crippen molar-refractivity contribution in [2.75, 3.05) is 13.2 Å². The number of rotatable bonds is 7. The number of phenolic OH excluding ortho intramolecular Hbond substituents is 4. The standard InChI is InChI=1S/C27H30O17/c28-10-2-1-8(3-11(10)29)24-25(17(32)9-4-12(30)13(31)5-14(9)42-24)40-6-16-19(34)21(36)23(38)27(44-16)41-7-15-18(33)20(35)22(37)26(39)43-15/h1-5,15-16,18-23,26-31,33-39H,6-7H2/t15-,16+,18-,19+,20+,21-,22+,23+,26-,27?/m0/s1. The highest BCUT2D eigenvalue weighted by atomic mass is 16.7. The van der Waals surface area contributed by atoms with Crippen LogP contribution in [-0.2, 0) is 14.2 Å². The summed E-state index contributed by atoms with van der Waals surface area (Å²) in [6, 6.07) is 5.32. The Labute approximate surface area is 246 Å². The Morgan fingerprint density at radius 1 is 0.659 bits per heavy atom. The highest BCUT2D eigenvalue weighted by molar-refractivity contribution is 5.85. The van der Waals surface area contributed by atoms with Crippen LogP contribution < -0.4 is 10.2 Å². The van der Waals surface area contributed by atoms with Crippen molar-refractivity contribution in [2.24, 2.45) is 0 Å². The monoisotopic (exact) mass is 626 g/mol. The molecule has 44 heavy (non-hydrogen) atoms. The van der Waals surface area contributed by atoms with Gasteiger partial charge in [0.05, 0.1) is 12.0 Å². The first-order valence-electron chi connectivity index (χ1n) is 13.2. The van der Waals surface area contributed by atoms with E-state index in [1.807, 2.05) is 0 Å². The number of aliphatic hydroxyl groups excluding tert-OH is 7. The minimum absolute atomic E-state index is 0.0316. The molecule has 3 aromatic rings. The summed E-state index contributed by atoms with van der Waals surface area (Å²) in [5.41, 5.74) is -1.02. The van der Waals surface area contributed by atoms with E-state index in [-0.39, 0.29) is 22.3 Å². The fraction of sp³-hybridized carbons (Fsp3) is 0.444. The number of fused-ring (bicyclic) bond motifs is 1. The summed E-state index contributed by atoms with van der Waals surface area (Å²) in [6.07, 6.45) is -17.3. The van der Waals surface area contributed by atoms with Gasteiger partial charge in [-0.1, -0.05) is 0 Å². The topological polar surface area (TPSA) is 290 Å². The number of aromatic hydroxyl groups is 4. The second-order valence-corrected chi connectivity index (χ2v) is 10.3. The Kier molecular flexibility index (Phi) is 8.87. The first kappa shape index (κ1) is 31.7. The van der Waals surface area contributed by atoms with Crippen LogP contribution in [0.25, 0.3) is 22.3 Å². The summed E-state index contributed by atoms with van der Waals surface area (Å²) in [5.74, 6) is -3.13. The van der Waals surface area contributed by atoms with E-state index in [0.717, 1.165) is 24.3 Å². The van der Waals surface area contributed by atoms with Gasteiger partial charge in [0.25, 0.3) is 0 Å². The first-order valence-corrected chi connectivity index (χ1v) is 13.2. The maximum absolute atomic E-state index is 13.5. The van der Waals surface area contributed by atoms with Crippen LogP contribution in [0.15, 0.2) is 39.5 Å². The molecule has 11 N–H and O–H groups in total. The summed E-state index contributed by atoms with van der Waals surface area (Å²) >= 11 is 0. The largest absolute Gasteiger partial charge is 0.504 e. The first-order chi connectivity index (χ1) is 20.8. The second kappa shape index (κ2) is 12.3. The van der Waals surface area contributed by atoms with E-state index in [4.69, 9.17) is 23.4 Å². The molecule has 240 valence electrons. The lowest BCUT2D eigenvalue weighted by Gasteiger charge is -2.42. The maximum Gasteiger partial charge on any atom is 0.235 e. The van der Waals surface area contributed by atoms with Crippen LogP contribution in [0.4, 0.5) is 0 Å². The van der Waals surface area contributed by atoms with Gasteiger partial charge in [-0.3, -0.25) is 4.79 Å². The van der Waals surface area contributed by atoms with Crippen molar-refractivity contribution in [3.8, 4) is 40.1 Å². The predicted octanol–water partition coefficient (Wildman–Crippen LogP) is -2.71. The molecule has 0 amide bonds. The molecule has 0 radical (unpaired) electrons. The Morgan fingerprint density at radius 3 is 1.95 bits per heavy atom. The zero-order valence-electron chi connectivity index (χ0n) is 22.4. The van der Waals surface area contributed by atoms with E-state index in [2.05, 4.69) is 0 Å². The molecule has 1 unspecified atom stereocenters. The van der Waals surface area contributed by atoms with Crippen LogP contribution in [0.5, 0.6) is 28.7 Å². The van der Waals surface area contributed by atoms with Crippen molar-refractivity contribution in [1.82, 2.24) is 0 Å². The summed E-state index contributed by atoms with van der Waals surface area (Å²) in [6.45, 7) is -1.31. The van der Waals surface area contributed by atoms with E-state index in [1.54, 1.807) is 0 Å². The average Bonchev–Trinajstić information content (AvgIpc) is 2.99. The Hall–Kier alpha value is -3.75. The fourth-order valence-corrected chi connectivity index (χ4v) is 4.80. The van der Waals surface area contributed by atoms with Crippen molar-refractivity contribution in [1.29, 1.82) is 0 Å². The molecule has 0 saturated carbocycles. The van der Waals surface area contributed by atoms with Crippen LogP contribution in [0, 0.1) is 0 Å². The van der Waals surface area contributed by atoms with Crippen molar-refractivity contribution < 1.29 is 79.5 Å². The normalized spacial score (nSPS) is 32.5. The quantitative estimate of drug-likeness (QED) is 0.119. The molecular formula is C27H30O17. The average molecular weight is 627 g/mol. The Bertz CT molecular complexity index is 1560. The lowest BCUT2D eigenvalue weighted by atomic mass is 9.98. The third-order valence-corrected chi connectivity index (χ3v) is 7.36. The van der Waals surface area contributed by atoms with Gasteiger partial charge in [-0.15, -0.1) is 0 Å². The van der Waals surface area contributed by atoms with Gasteiger partial charge in [0.2, 0.25) is 11.2 Å². The van der Waals surface area contributed by atoms with Gasteiger partial charge < -0.3 is 79.5 Å². The lowest BCUT2D eigenvalue weighted by Crippen LogP contribution is -2.61. The molecule has 1 aromatic heterocycles. The molecule has 2 saturated heterocycles. The van der Waals surface area contributed by atoms with Crippen LogP contribution in [-0.4, -0.2) is 131 Å². The zero-order valence-corrected chi connectivity index (χ0v) is 22.4. The molecule has 2 aliphatic heterocycles. The lowest BCUT2D eigenvalue weighted by molar-refractivity contribution is -0.325. The third kappa shape index (κ3) is 5.85. The summed E-state index contributed by atoms with van der Waals surface area (Å²) in [7, 11) is 0. The molecule has 3 heterocycles. The SMILES string of the molecule is O=c1c(OC[C@H]2OC(OC[C@@H]3O[C@H](O)[C@H](O)[C@H](O)[C@H]3O)[C@H](O)[C@@H](O)[C@@H]2O)c(-c2ccc(O)c(O)c2)oc2cc(O)c(O)cc12. The van der Waals surface area contributed by atoms with E-state index in [1.165, 1.54) is 6.07 Å². The van der Waals surface area contributed by atoms with Crippen molar-refractivity contribution in [3.05, 3.63) is 40.6 Å². The minimum Gasteiger partial charge on any atom is -0.504 e. The molecule has 17 nitrogen and oxygen atoms in total. The molecule has 2 aliphatic rings. The highest BCUT2D eigenvalue weighted by Crippen LogP contribution is 2.38. The molecule has 0 spiro atoms. The summed E-state index contributed by atoms with van der Waals surface area (Å²) in [4.78, 5) is 13.5. The van der Waals surface area contributed by atoms with Gasteiger partial charge in [0, 0.05) is 11.6 Å². The molecular weight excluding hydrogens is 596 g/mol. The second-order valence-electron chi connectivity index (χ2n) is 10.3. The molecule has 2 fully saturated rings. The van der Waals surface area contributed by atoms with Gasteiger partial charge in [0.15, 0.2) is 41.3 Å². The smallest absolute Gasteiger partial charge is 0.235 e. The predicted molar refractivity (Wildman–Crippen MR) is 142 cm³/mol. The van der Waals surface area contributed by atoms with E-state index in [0.29, 0.717) is 0 Å². The molecule has 5 rings (SSSR count). The van der Waals surface area contributed by atoms with Crippen molar-refractivity contribution in [3.63, 3.8) is 0 Å². The third-order valence-electron chi connectivity index (χ3n) is 7.36. The van der Waals surface area contributed by atoms with Crippen LogP contribution >= 0.6 is 0 Å². The number of hydrogen-bond acceptors (Lipinski definition) is 17. The molecule has 0 bridgehead atoms. The van der Waals surface area contributed by atoms with E-state index >= 15 is 0 Å². The Balaban J connectivity index is 1.40. The summed E-state index contributed by atoms with van der Waals surface area (Å²) in [5, 5.41) is 110. The Morgan fingerprint density at radius 2 is 1.27 bits per heavy atom. The van der Waals surface area contributed by atoms with Gasteiger partial charge >= 0.3 is 0 Å². The molecule has 10 atom stereocenters. The van der Waals surface area contributed by atoms with Crippen LogP contribution in [0.2, 0.25) is 0 Å². The van der Waals surface area contributed by atoms with Gasteiger partial charge in [0.1, 0.15) is 61.0 Å². The highest BCUT2D eigenvalue weighted by Gasteiger charge is 2.47. The fourth-order valence-electron chi connectivity index (χ4n) is 4.80. The van der Waals surface area contributed by atoms with Gasteiger partial charge in [-0.05, 0) is 24.3 Å². The minimum atomic E-state index is -1.88. The maximum atomic E-state index is 13.5. The summed E-state index contributed by atoms with van der Waals surface area (Å²) < 4.78 is 27.4. The van der Waals surface area contributed by atoms with E-state index in [9.17, 15) is 61.0 Å². The number of aliphatic hydroxyl groups is 7. The van der Waals surface area contributed by atoms with Crippen molar-refractivity contribution in [2.45, 2.75) is 61.4 Å². The number of phenols is 4. The van der Waals surface area contributed by atoms with Crippen LogP contribution in [0.3, 0.4) is 0 Å². The zero-order chi connectivity index (χ0) is 32.0. The van der Waals surface area contributed by atoms with Crippen molar-refractivity contribution >= 4 is 11.0 Å².